The monoisotopic (exact) mass is 389 g/mol. The third-order valence-electron chi connectivity index (χ3n) is 4.44. The molecule has 0 spiro atoms. The van der Waals surface area contributed by atoms with Gasteiger partial charge >= 0.3 is 0 Å². The lowest BCUT2D eigenvalue weighted by Gasteiger charge is -2.20. The molecule has 1 atom stereocenters. The van der Waals surface area contributed by atoms with Crippen molar-refractivity contribution in [3.8, 4) is 0 Å². The molecule has 5 heteroatoms. The van der Waals surface area contributed by atoms with E-state index in [0.29, 0.717) is 15.0 Å². The predicted molar refractivity (Wildman–Crippen MR) is 108 cm³/mol. The fraction of sp³-hybridized carbons (Fsp3) is 0.286. The van der Waals surface area contributed by atoms with Crippen LogP contribution in [0.4, 0.5) is 4.39 Å². The second kappa shape index (κ2) is 7.01. The predicted octanol–water partition coefficient (Wildman–Crippen LogP) is 6.48. The van der Waals surface area contributed by atoms with E-state index in [1.165, 1.54) is 23.0 Å². The summed E-state index contributed by atoms with van der Waals surface area (Å²) in [5.74, 6) is -0.698. The molecule has 1 N–H and O–H groups in total. The molecule has 0 aliphatic heterocycles. The van der Waals surface area contributed by atoms with Crippen LogP contribution in [0.1, 0.15) is 54.5 Å². The summed E-state index contributed by atoms with van der Waals surface area (Å²) in [5.41, 5.74) is 2.33. The van der Waals surface area contributed by atoms with Gasteiger partial charge in [0.2, 0.25) is 0 Å². The van der Waals surface area contributed by atoms with E-state index in [1.54, 1.807) is 12.1 Å². The molecule has 0 bridgehead atoms. The summed E-state index contributed by atoms with van der Waals surface area (Å²) >= 11 is 7.47. The molecular weight excluding hydrogens is 369 g/mol. The molecule has 26 heavy (non-hydrogen) atoms. The Bertz CT molecular complexity index is 957. The largest absolute Gasteiger partial charge is 0.345 e. The number of carbonyl (C=O) groups is 1. The van der Waals surface area contributed by atoms with Crippen molar-refractivity contribution in [3.05, 3.63) is 69.3 Å². The molecule has 0 saturated carbocycles. The normalized spacial score (nSPS) is 13.0. The molecule has 0 fully saturated rings. The highest BCUT2D eigenvalue weighted by atomic mass is 35.5. The van der Waals surface area contributed by atoms with Gasteiger partial charge in [-0.1, -0.05) is 62.7 Å². The SMILES string of the molecule is C[C@@H](NC(=O)c1sc2cccc(F)c2c1Cl)c1ccc(C(C)(C)C)cc1. The number of nitrogens with one attached hydrogen (secondary N) is 1. The smallest absolute Gasteiger partial charge is 0.263 e. The number of amides is 1. The molecule has 2 nitrogen and oxygen atoms in total. The highest BCUT2D eigenvalue weighted by molar-refractivity contribution is 7.21. The molecule has 2 aromatic carbocycles. The van der Waals surface area contributed by atoms with Gasteiger partial charge in [0.05, 0.1) is 11.1 Å². The Morgan fingerprint density at radius 3 is 2.38 bits per heavy atom. The first-order chi connectivity index (χ1) is 12.2. The summed E-state index contributed by atoms with van der Waals surface area (Å²) in [5, 5.41) is 3.44. The van der Waals surface area contributed by atoms with Crippen LogP contribution in [0.25, 0.3) is 10.1 Å². The molecule has 0 saturated heterocycles. The van der Waals surface area contributed by atoms with E-state index < -0.39 is 5.82 Å². The number of carbonyl (C=O) groups excluding carboxylic acids is 1. The van der Waals surface area contributed by atoms with Crippen LogP contribution < -0.4 is 5.32 Å². The van der Waals surface area contributed by atoms with Crippen LogP contribution in [0, 0.1) is 5.82 Å². The second-order valence-corrected chi connectivity index (χ2v) is 8.86. The summed E-state index contributed by atoms with van der Waals surface area (Å²) in [7, 11) is 0. The maximum atomic E-state index is 14.0. The van der Waals surface area contributed by atoms with Crippen molar-refractivity contribution in [2.24, 2.45) is 0 Å². The molecule has 0 aliphatic carbocycles. The molecule has 0 unspecified atom stereocenters. The minimum Gasteiger partial charge on any atom is -0.345 e. The van der Waals surface area contributed by atoms with Crippen molar-refractivity contribution in [2.45, 2.75) is 39.2 Å². The van der Waals surface area contributed by atoms with Gasteiger partial charge in [0.15, 0.2) is 0 Å². The van der Waals surface area contributed by atoms with Crippen LogP contribution in [0.5, 0.6) is 0 Å². The van der Waals surface area contributed by atoms with Crippen LogP contribution in [-0.4, -0.2) is 5.91 Å². The number of fused-ring (bicyclic) bond motifs is 1. The second-order valence-electron chi connectivity index (χ2n) is 7.43. The maximum absolute atomic E-state index is 14.0. The van der Waals surface area contributed by atoms with Gasteiger partial charge in [-0.2, -0.15) is 0 Å². The van der Waals surface area contributed by atoms with Crippen LogP contribution >= 0.6 is 22.9 Å². The van der Waals surface area contributed by atoms with E-state index >= 15 is 0 Å². The topological polar surface area (TPSA) is 29.1 Å². The van der Waals surface area contributed by atoms with E-state index in [0.717, 1.165) is 5.56 Å². The summed E-state index contributed by atoms with van der Waals surface area (Å²) < 4.78 is 14.6. The zero-order valence-electron chi connectivity index (χ0n) is 15.2. The number of hydrogen-bond acceptors (Lipinski definition) is 2. The highest BCUT2D eigenvalue weighted by Gasteiger charge is 2.21. The third kappa shape index (κ3) is 3.62. The Hall–Kier alpha value is -1.91. The van der Waals surface area contributed by atoms with Gasteiger partial charge in [-0.3, -0.25) is 4.79 Å². The quantitative estimate of drug-likeness (QED) is 0.545. The number of benzene rings is 2. The fourth-order valence-corrected chi connectivity index (χ4v) is 4.30. The minimum atomic E-state index is -0.409. The lowest BCUT2D eigenvalue weighted by molar-refractivity contribution is 0.0944. The van der Waals surface area contributed by atoms with Gasteiger partial charge in [-0.05, 0) is 35.6 Å². The van der Waals surface area contributed by atoms with Crippen molar-refractivity contribution in [1.82, 2.24) is 5.32 Å². The average molecular weight is 390 g/mol. The first kappa shape index (κ1) is 18.9. The van der Waals surface area contributed by atoms with Gasteiger partial charge in [0.1, 0.15) is 10.7 Å². The minimum absolute atomic E-state index is 0.0830. The molecule has 0 radical (unpaired) electrons. The Balaban J connectivity index is 1.82. The van der Waals surface area contributed by atoms with Crippen LogP contribution in [0.15, 0.2) is 42.5 Å². The van der Waals surface area contributed by atoms with Crippen LogP contribution in [0.3, 0.4) is 0 Å². The van der Waals surface area contributed by atoms with E-state index in [4.69, 9.17) is 11.6 Å². The van der Waals surface area contributed by atoms with E-state index in [1.807, 2.05) is 19.1 Å². The van der Waals surface area contributed by atoms with Crippen molar-refractivity contribution in [3.63, 3.8) is 0 Å². The Morgan fingerprint density at radius 2 is 1.81 bits per heavy atom. The Labute approximate surface area is 162 Å². The summed E-state index contributed by atoms with van der Waals surface area (Å²) in [6, 6.07) is 12.8. The molecule has 1 aromatic heterocycles. The number of hydrogen-bond donors (Lipinski definition) is 1. The summed E-state index contributed by atoms with van der Waals surface area (Å²) in [6.07, 6.45) is 0. The Kier molecular flexibility index (Phi) is 5.09. The van der Waals surface area contributed by atoms with Crippen molar-refractivity contribution in [1.29, 1.82) is 0 Å². The summed E-state index contributed by atoms with van der Waals surface area (Å²) in [6.45, 7) is 8.41. The number of rotatable bonds is 3. The van der Waals surface area contributed by atoms with E-state index in [-0.39, 0.29) is 22.4 Å². The molecule has 1 amide bonds. The van der Waals surface area contributed by atoms with Crippen molar-refractivity contribution < 1.29 is 9.18 Å². The van der Waals surface area contributed by atoms with Crippen molar-refractivity contribution in [2.75, 3.05) is 0 Å². The molecule has 3 rings (SSSR count). The molecule has 136 valence electrons. The van der Waals surface area contributed by atoms with Gasteiger partial charge < -0.3 is 5.32 Å². The zero-order valence-corrected chi connectivity index (χ0v) is 16.8. The average Bonchev–Trinajstić information content (AvgIpc) is 2.92. The fourth-order valence-electron chi connectivity index (χ4n) is 2.83. The highest BCUT2D eigenvalue weighted by Crippen LogP contribution is 2.37. The standard InChI is InChI=1S/C21H21ClFNOS/c1-12(13-8-10-14(11-9-13)21(2,3)4)24-20(25)19-18(22)17-15(23)6-5-7-16(17)26-19/h5-12H,1-4H3,(H,24,25)/t12-/m1/s1. The van der Waals surface area contributed by atoms with Gasteiger partial charge in [0, 0.05) is 10.1 Å². The van der Waals surface area contributed by atoms with E-state index in [2.05, 4.69) is 38.2 Å². The molecule has 3 aromatic rings. The summed E-state index contributed by atoms with van der Waals surface area (Å²) in [4.78, 5) is 13.0. The van der Waals surface area contributed by atoms with Crippen molar-refractivity contribution >= 4 is 38.9 Å². The molecular formula is C21H21ClFNOS. The van der Waals surface area contributed by atoms with Crippen LogP contribution in [0.2, 0.25) is 5.02 Å². The zero-order chi connectivity index (χ0) is 19.1. The number of halogens is 2. The lowest BCUT2D eigenvalue weighted by Crippen LogP contribution is -2.26. The molecule has 0 aliphatic rings. The third-order valence-corrected chi connectivity index (χ3v) is 6.08. The van der Waals surface area contributed by atoms with E-state index in [9.17, 15) is 9.18 Å². The van der Waals surface area contributed by atoms with Gasteiger partial charge in [-0.25, -0.2) is 4.39 Å². The number of thiophene rings is 1. The molecule has 1 heterocycles. The maximum Gasteiger partial charge on any atom is 0.263 e. The lowest BCUT2D eigenvalue weighted by atomic mass is 9.86. The van der Waals surface area contributed by atoms with Gasteiger partial charge in [0.25, 0.3) is 5.91 Å². The first-order valence-corrected chi connectivity index (χ1v) is 9.65. The first-order valence-electron chi connectivity index (χ1n) is 8.46. The Morgan fingerprint density at radius 1 is 1.15 bits per heavy atom. The van der Waals surface area contributed by atoms with Gasteiger partial charge in [-0.15, -0.1) is 11.3 Å². The van der Waals surface area contributed by atoms with Crippen LogP contribution in [-0.2, 0) is 5.41 Å².